The highest BCUT2D eigenvalue weighted by Crippen LogP contribution is 2.51. The van der Waals surface area contributed by atoms with Crippen molar-refractivity contribution in [2.75, 3.05) is 17.1 Å². The van der Waals surface area contributed by atoms with Crippen LogP contribution in [0.3, 0.4) is 0 Å². The summed E-state index contributed by atoms with van der Waals surface area (Å²) in [6, 6.07) is 14.9. The van der Waals surface area contributed by atoms with Gasteiger partial charge in [0.25, 0.3) is 10.0 Å². The molecule has 0 amide bonds. The Kier molecular flexibility index (Phi) is 6.13. The van der Waals surface area contributed by atoms with Crippen molar-refractivity contribution >= 4 is 38.7 Å². The molecular formula is C26H24ClN3O5S. The molecule has 8 nitrogen and oxygen atoms in total. The Morgan fingerprint density at radius 2 is 1.97 bits per heavy atom. The van der Waals surface area contributed by atoms with Gasteiger partial charge in [-0.15, -0.1) is 0 Å². The third kappa shape index (κ3) is 4.18. The number of rotatable bonds is 6. The second kappa shape index (κ2) is 9.15. The van der Waals surface area contributed by atoms with Crippen LogP contribution in [0.4, 0.5) is 17.1 Å². The smallest absolute Gasteiger partial charge is 0.311 e. The van der Waals surface area contributed by atoms with Gasteiger partial charge in [0.15, 0.2) is 5.75 Å². The lowest BCUT2D eigenvalue weighted by atomic mass is 9.77. The Morgan fingerprint density at radius 3 is 2.72 bits per heavy atom. The summed E-state index contributed by atoms with van der Waals surface area (Å²) in [5.74, 6) is 0.250. The molecule has 36 heavy (non-hydrogen) atoms. The Labute approximate surface area is 214 Å². The zero-order valence-electron chi connectivity index (χ0n) is 19.6. The van der Waals surface area contributed by atoms with Gasteiger partial charge in [-0.05, 0) is 72.4 Å². The Bertz CT molecular complexity index is 1510. The molecule has 0 fully saturated rings. The minimum atomic E-state index is -3.85. The normalized spacial score (nSPS) is 20.2. The number of halogens is 1. The second-order valence-corrected chi connectivity index (χ2v) is 11.0. The first kappa shape index (κ1) is 24.1. The molecule has 0 unspecified atom stereocenters. The highest BCUT2D eigenvalue weighted by atomic mass is 35.5. The Balaban J connectivity index is 1.50. The Hall–Kier alpha value is -3.56. The van der Waals surface area contributed by atoms with Crippen molar-refractivity contribution in [2.45, 2.75) is 30.2 Å². The van der Waals surface area contributed by atoms with Gasteiger partial charge in [-0.1, -0.05) is 35.9 Å². The molecule has 0 saturated heterocycles. The van der Waals surface area contributed by atoms with Gasteiger partial charge >= 0.3 is 5.69 Å². The lowest BCUT2D eigenvalue weighted by molar-refractivity contribution is -0.385. The average molecular weight is 526 g/mol. The van der Waals surface area contributed by atoms with E-state index in [9.17, 15) is 18.5 Å². The van der Waals surface area contributed by atoms with Gasteiger partial charge in [-0.3, -0.25) is 14.8 Å². The minimum Gasteiger partial charge on any atom is -0.490 e. The molecule has 3 aromatic carbocycles. The van der Waals surface area contributed by atoms with E-state index in [1.807, 2.05) is 6.07 Å². The number of nitrogens with zero attached hydrogens (tertiary/aromatic N) is 1. The van der Waals surface area contributed by atoms with Gasteiger partial charge in [0.05, 0.1) is 28.7 Å². The zero-order valence-corrected chi connectivity index (χ0v) is 21.1. The number of methoxy groups -OCH3 is 1. The van der Waals surface area contributed by atoms with Gasteiger partial charge in [0, 0.05) is 22.7 Å². The maximum Gasteiger partial charge on any atom is 0.311 e. The minimum absolute atomic E-state index is 0.0320. The van der Waals surface area contributed by atoms with Crippen LogP contribution < -0.4 is 14.8 Å². The first-order chi connectivity index (χ1) is 17.2. The summed E-state index contributed by atoms with van der Waals surface area (Å²) in [6.45, 7) is 1.76. The summed E-state index contributed by atoms with van der Waals surface area (Å²) in [5.41, 5.74) is 3.44. The molecule has 3 atom stereocenters. The van der Waals surface area contributed by atoms with Crippen LogP contribution in [0.5, 0.6) is 5.75 Å². The van der Waals surface area contributed by atoms with Gasteiger partial charge in [-0.25, -0.2) is 8.42 Å². The number of allylic oxidation sites excluding steroid dienone is 2. The van der Waals surface area contributed by atoms with E-state index in [2.05, 4.69) is 22.2 Å². The van der Waals surface area contributed by atoms with Crippen molar-refractivity contribution < 1.29 is 18.1 Å². The molecular weight excluding hydrogens is 502 g/mol. The number of sulfonamides is 1. The number of hydrogen-bond acceptors (Lipinski definition) is 6. The van der Waals surface area contributed by atoms with Gasteiger partial charge < -0.3 is 10.1 Å². The number of anilines is 2. The van der Waals surface area contributed by atoms with Crippen molar-refractivity contribution in [2.24, 2.45) is 5.92 Å². The molecule has 5 rings (SSSR count). The molecule has 186 valence electrons. The van der Waals surface area contributed by atoms with Crippen molar-refractivity contribution in [3.63, 3.8) is 0 Å². The summed E-state index contributed by atoms with van der Waals surface area (Å²) in [7, 11) is -2.45. The van der Waals surface area contributed by atoms with E-state index in [4.69, 9.17) is 16.3 Å². The first-order valence-electron chi connectivity index (χ1n) is 11.4. The molecule has 3 aromatic rings. The van der Waals surface area contributed by atoms with Crippen molar-refractivity contribution in [1.82, 2.24) is 0 Å². The number of benzene rings is 3. The summed E-state index contributed by atoms with van der Waals surface area (Å²) >= 11 is 6.16. The molecule has 0 aromatic heterocycles. The van der Waals surface area contributed by atoms with Crippen LogP contribution in [0.1, 0.15) is 35.1 Å². The highest BCUT2D eigenvalue weighted by molar-refractivity contribution is 7.92. The fraction of sp³-hybridized carbons (Fsp3) is 0.231. The maximum absolute atomic E-state index is 13.2. The van der Waals surface area contributed by atoms with Crippen LogP contribution in [0.25, 0.3) is 0 Å². The average Bonchev–Trinajstić information content (AvgIpc) is 3.36. The highest BCUT2D eigenvalue weighted by Gasteiger charge is 2.39. The number of nitro groups is 1. The summed E-state index contributed by atoms with van der Waals surface area (Å²) < 4.78 is 34.2. The van der Waals surface area contributed by atoms with Crippen LogP contribution in [0.2, 0.25) is 5.02 Å². The monoisotopic (exact) mass is 525 g/mol. The first-order valence-corrected chi connectivity index (χ1v) is 13.2. The van der Waals surface area contributed by atoms with E-state index in [1.54, 1.807) is 55.5 Å². The van der Waals surface area contributed by atoms with E-state index in [0.29, 0.717) is 16.3 Å². The predicted octanol–water partition coefficient (Wildman–Crippen LogP) is 6.19. The number of nitro benzene ring substituents is 1. The number of fused-ring (bicyclic) bond motifs is 3. The quantitative estimate of drug-likeness (QED) is 0.225. The second-order valence-electron chi connectivity index (χ2n) is 8.93. The third-order valence-electron chi connectivity index (χ3n) is 6.92. The van der Waals surface area contributed by atoms with Crippen molar-refractivity contribution in [3.05, 3.63) is 98.6 Å². The molecule has 1 aliphatic heterocycles. The maximum atomic E-state index is 13.2. The number of hydrogen-bond donors (Lipinski definition) is 2. The molecule has 1 aliphatic carbocycles. The van der Waals surface area contributed by atoms with Crippen LogP contribution >= 0.6 is 11.6 Å². The van der Waals surface area contributed by atoms with Crippen molar-refractivity contribution in [1.29, 1.82) is 0 Å². The van der Waals surface area contributed by atoms with Crippen LogP contribution in [0.15, 0.2) is 71.6 Å². The predicted molar refractivity (Wildman–Crippen MR) is 139 cm³/mol. The lowest BCUT2D eigenvalue weighted by Gasteiger charge is -2.37. The Morgan fingerprint density at radius 1 is 1.17 bits per heavy atom. The number of ether oxygens (including phenoxy) is 1. The molecule has 0 saturated carbocycles. The molecule has 0 radical (unpaired) electrons. The molecule has 2 aliphatic rings. The molecule has 10 heteroatoms. The number of nitrogens with one attached hydrogen (secondary N) is 2. The van der Waals surface area contributed by atoms with E-state index in [1.165, 1.54) is 7.11 Å². The van der Waals surface area contributed by atoms with E-state index in [-0.39, 0.29) is 34.2 Å². The molecule has 2 N–H and O–H groups in total. The third-order valence-corrected chi connectivity index (χ3v) is 8.69. The van der Waals surface area contributed by atoms with E-state index >= 15 is 0 Å². The summed E-state index contributed by atoms with van der Waals surface area (Å²) in [5, 5.41) is 15.5. The standard InChI is InChI=1S/C26H24ClN3O5S/c1-15-21(27)7-4-8-22(15)29-36(33,34)17-10-11-23-20(14-17)18-5-3-6-19(18)26(28-23)16-9-12-25(35-2)24(13-16)30(31)32/h3-5,7-14,18-19,26,28-29H,6H2,1-2H3/t18-,19+,26+/m0/s1. The topological polar surface area (TPSA) is 111 Å². The molecule has 1 heterocycles. The van der Waals surface area contributed by atoms with Gasteiger partial charge in [0.2, 0.25) is 0 Å². The van der Waals surface area contributed by atoms with Gasteiger partial charge in [0.1, 0.15) is 0 Å². The zero-order chi connectivity index (χ0) is 25.6. The van der Waals surface area contributed by atoms with Gasteiger partial charge in [-0.2, -0.15) is 0 Å². The summed E-state index contributed by atoms with van der Waals surface area (Å²) in [6.07, 6.45) is 4.92. The SMILES string of the molecule is COc1ccc([C@H]2Nc3ccc(S(=O)(=O)Nc4cccc(Cl)c4C)cc3[C@H]3C=CC[C@H]32)cc1[N+](=O)[O-]. The van der Waals surface area contributed by atoms with Crippen molar-refractivity contribution in [3.8, 4) is 5.75 Å². The molecule has 0 bridgehead atoms. The fourth-order valence-electron chi connectivity index (χ4n) is 5.03. The lowest BCUT2D eigenvalue weighted by Crippen LogP contribution is -2.29. The van der Waals surface area contributed by atoms with Crippen LogP contribution in [-0.4, -0.2) is 20.5 Å². The largest absolute Gasteiger partial charge is 0.490 e. The van der Waals surface area contributed by atoms with E-state index in [0.717, 1.165) is 23.2 Å². The van der Waals surface area contributed by atoms with E-state index < -0.39 is 14.9 Å². The summed E-state index contributed by atoms with van der Waals surface area (Å²) in [4.78, 5) is 11.3. The van der Waals surface area contributed by atoms with Crippen LogP contribution in [-0.2, 0) is 10.0 Å². The molecule has 0 spiro atoms. The fourth-order valence-corrected chi connectivity index (χ4v) is 6.37. The van der Waals surface area contributed by atoms with Crippen LogP contribution in [0, 0.1) is 23.0 Å².